The summed E-state index contributed by atoms with van der Waals surface area (Å²) in [7, 11) is 0. The third-order valence-corrected chi connectivity index (χ3v) is 4.38. The average Bonchev–Trinajstić information content (AvgIpc) is 2.91. The third-order valence-electron chi connectivity index (χ3n) is 4.38. The molecule has 0 aliphatic carbocycles. The smallest absolute Gasteiger partial charge is 0.335 e. The fraction of sp³-hybridized carbons (Fsp3) is 0.105. The van der Waals surface area contributed by atoms with Crippen LogP contribution in [0.2, 0.25) is 0 Å². The second-order valence-electron chi connectivity index (χ2n) is 6.34. The number of nitrogens with one attached hydrogen (secondary N) is 2. The maximum Gasteiger partial charge on any atom is 0.335 e. The van der Waals surface area contributed by atoms with Crippen LogP contribution < -0.4 is 10.6 Å². The molecule has 0 atom stereocenters. The average molecular weight is 397 g/mol. The lowest BCUT2D eigenvalue weighted by Gasteiger charge is -2.14. The van der Waals surface area contributed by atoms with Crippen LogP contribution in [0.25, 0.3) is 11.8 Å². The van der Waals surface area contributed by atoms with Gasteiger partial charge in [-0.25, -0.2) is 14.4 Å². The van der Waals surface area contributed by atoms with Crippen molar-refractivity contribution < 1.29 is 34.2 Å². The van der Waals surface area contributed by atoms with Gasteiger partial charge in [0.05, 0.1) is 11.1 Å². The first-order valence-corrected chi connectivity index (χ1v) is 8.28. The van der Waals surface area contributed by atoms with Crippen LogP contribution >= 0.6 is 0 Å². The highest BCUT2D eigenvalue weighted by atomic mass is 16.4. The largest absolute Gasteiger partial charge is 0.478 e. The highest BCUT2D eigenvalue weighted by Crippen LogP contribution is 2.25. The number of carbonyl (C=O) groups excluding carboxylic acids is 3. The minimum absolute atomic E-state index is 0.197. The zero-order valence-electron chi connectivity index (χ0n) is 15.3. The van der Waals surface area contributed by atoms with E-state index in [1.807, 2.05) is 10.6 Å². The molecule has 0 bridgehead atoms. The Kier molecular flexibility index (Phi) is 4.77. The van der Waals surface area contributed by atoms with Gasteiger partial charge in [0.15, 0.2) is 0 Å². The monoisotopic (exact) mass is 397 g/mol. The fourth-order valence-electron chi connectivity index (χ4n) is 3.08. The van der Waals surface area contributed by atoms with Gasteiger partial charge in [-0.05, 0) is 49.8 Å². The molecule has 148 valence electrons. The van der Waals surface area contributed by atoms with Gasteiger partial charge in [-0.3, -0.25) is 20.2 Å². The van der Waals surface area contributed by atoms with Crippen molar-refractivity contribution >= 4 is 35.9 Å². The normalized spacial score (nSPS) is 13.7. The third kappa shape index (κ3) is 3.63. The number of aromatic nitrogens is 1. The van der Waals surface area contributed by atoms with Crippen LogP contribution in [0.15, 0.2) is 29.8 Å². The zero-order valence-corrected chi connectivity index (χ0v) is 15.3. The van der Waals surface area contributed by atoms with Gasteiger partial charge < -0.3 is 14.8 Å². The van der Waals surface area contributed by atoms with Crippen LogP contribution in [0.5, 0.6) is 0 Å². The van der Waals surface area contributed by atoms with Crippen molar-refractivity contribution in [1.29, 1.82) is 0 Å². The Hall–Kier alpha value is -4.21. The van der Waals surface area contributed by atoms with Crippen LogP contribution in [0.1, 0.15) is 37.7 Å². The molecule has 1 saturated heterocycles. The van der Waals surface area contributed by atoms with Crippen LogP contribution in [-0.4, -0.2) is 44.6 Å². The summed E-state index contributed by atoms with van der Waals surface area (Å²) < 4.78 is 1.61. The second-order valence-corrected chi connectivity index (χ2v) is 6.34. The van der Waals surface area contributed by atoms with Crippen LogP contribution in [0.4, 0.5) is 4.79 Å². The van der Waals surface area contributed by atoms with E-state index in [4.69, 9.17) is 0 Å². The number of barbiturate groups is 1. The Morgan fingerprint density at radius 1 is 0.897 bits per heavy atom. The van der Waals surface area contributed by atoms with Gasteiger partial charge >= 0.3 is 18.0 Å². The first kappa shape index (κ1) is 19.5. The van der Waals surface area contributed by atoms with E-state index in [2.05, 4.69) is 0 Å². The Morgan fingerprint density at radius 3 is 1.90 bits per heavy atom. The number of carboxylic acid groups (broad SMARTS) is 2. The van der Waals surface area contributed by atoms with Crippen molar-refractivity contribution in [3.05, 3.63) is 57.9 Å². The van der Waals surface area contributed by atoms with Gasteiger partial charge in [-0.1, -0.05) is 0 Å². The number of hydrogen-bond donors (Lipinski definition) is 4. The predicted molar refractivity (Wildman–Crippen MR) is 98.8 cm³/mol. The molecular weight excluding hydrogens is 382 g/mol. The van der Waals surface area contributed by atoms with Crippen LogP contribution in [0.3, 0.4) is 0 Å². The van der Waals surface area contributed by atoms with Gasteiger partial charge in [0, 0.05) is 17.1 Å². The molecule has 1 aliphatic heterocycles. The number of benzene rings is 1. The molecule has 2 aromatic rings. The van der Waals surface area contributed by atoms with Crippen molar-refractivity contribution in [3.63, 3.8) is 0 Å². The molecule has 29 heavy (non-hydrogen) atoms. The molecule has 10 heteroatoms. The number of carbonyl (C=O) groups is 5. The number of aryl methyl sites for hydroxylation is 1. The van der Waals surface area contributed by atoms with Crippen molar-refractivity contribution in [2.24, 2.45) is 0 Å². The minimum Gasteiger partial charge on any atom is -0.478 e. The standard InChI is InChI=1S/C19H15N3O7/c1-8-3-10(7-14-15(23)20-19(29)21-16(14)24)9(2)22(8)13-5-11(17(25)26)4-12(6-13)18(27)28/h3-7H,1-2H3,(H,25,26)(H,27,28)(H2,20,21,23,24,29). The number of rotatable bonds is 4. The van der Waals surface area contributed by atoms with Crippen molar-refractivity contribution in [1.82, 2.24) is 15.2 Å². The van der Waals surface area contributed by atoms with Gasteiger partial charge in [-0.15, -0.1) is 0 Å². The number of aromatic carboxylic acids is 2. The van der Waals surface area contributed by atoms with Gasteiger partial charge in [0.1, 0.15) is 5.57 Å². The zero-order chi connectivity index (χ0) is 21.5. The fourth-order valence-corrected chi connectivity index (χ4v) is 3.08. The van der Waals surface area contributed by atoms with Crippen LogP contribution in [-0.2, 0) is 9.59 Å². The van der Waals surface area contributed by atoms with E-state index in [1.54, 1.807) is 24.5 Å². The minimum atomic E-state index is -1.28. The lowest BCUT2D eigenvalue weighted by molar-refractivity contribution is -0.123. The summed E-state index contributed by atoms with van der Waals surface area (Å²) in [6.45, 7) is 3.37. The Labute approximate surface area is 163 Å². The van der Waals surface area contributed by atoms with E-state index in [0.717, 1.165) is 6.07 Å². The molecular formula is C19H15N3O7. The van der Waals surface area contributed by atoms with E-state index >= 15 is 0 Å². The molecule has 0 radical (unpaired) electrons. The van der Waals surface area contributed by atoms with Crippen molar-refractivity contribution in [2.45, 2.75) is 13.8 Å². The lowest BCUT2D eigenvalue weighted by atomic mass is 10.1. The quantitative estimate of drug-likeness (QED) is 0.447. The van der Waals surface area contributed by atoms with E-state index in [1.165, 1.54) is 18.2 Å². The lowest BCUT2D eigenvalue weighted by Crippen LogP contribution is -2.51. The highest BCUT2D eigenvalue weighted by molar-refractivity contribution is 6.31. The molecule has 1 aromatic heterocycles. The number of nitrogens with zero attached hydrogens (tertiary/aromatic N) is 1. The number of imide groups is 2. The predicted octanol–water partition coefficient (Wildman–Crippen LogP) is 1.24. The highest BCUT2D eigenvalue weighted by Gasteiger charge is 2.28. The Balaban J connectivity index is 2.14. The second kappa shape index (κ2) is 7.08. The number of amides is 4. The molecule has 4 N–H and O–H groups in total. The Bertz CT molecular complexity index is 1090. The van der Waals surface area contributed by atoms with E-state index in [9.17, 15) is 34.2 Å². The first-order valence-electron chi connectivity index (χ1n) is 8.28. The SMILES string of the molecule is Cc1cc(C=C2C(=O)NC(=O)NC2=O)c(C)n1-c1cc(C(=O)O)cc(C(=O)O)c1. The number of carboxylic acids is 2. The molecule has 4 amide bonds. The topological polar surface area (TPSA) is 155 Å². The maximum atomic E-state index is 11.9. The number of urea groups is 1. The molecule has 3 rings (SSSR count). The van der Waals surface area contributed by atoms with Gasteiger partial charge in [-0.2, -0.15) is 0 Å². The van der Waals surface area contributed by atoms with Gasteiger partial charge in [0.25, 0.3) is 11.8 Å². The molecule has 0 unspecified atom stereocenters. The molecule has 0 saturated carbocycles. The number of hydrogen-bond acceptors (Lipinski definition) is 5. The molecule has 1 fully saturated rings. The summed E-state index contributed by atoms with van der Waals surface area (Å²) in [6.07, 6.45) is 1.30. The van der Waals surface area contributed by atoms with E-state index in [0.29, 0.717) is 22.6 Å². The van der Waals surface area contributed by atoms with Crippen molar-refractivity contribution in [3.8, 4) is 5.69 Å². The Morgan fingerprint density at radius 2 is 1.41 bits per heavy atom. The van der Waals surface area contributed by atoms with Crippen molar-refractivity contribution in [2.75, 3.05) is 0 Å². The van der Waals surface area contributed by atoms with Gasteiger partial charge in [0.2, 0.25) is 0 Å². The maximum absolute atomic E-state index is 11.9. The van der Waals surface area contributed by atoms with E-state index < -0.39 is 29.8 Å². The molecule has 10 nitrogen and oxygen atoms in total. The molecule has 0 spiro atoms. The summed E-state index contributed by atoms with van der Waals surface area (Å²) in [5, 5.41) is 22.5. The summed E-state index contributed by atoms with van der Waals surface area (Å²) >= 11 is 0. The van der Waals surface area contributed by atoms with Crippen LogP contribution in [0, 0.1) is 13.8 Å². The summed E-state index contributed by atoms with van der Waals surface area (Å²) in [5.74, 6) is -4.24. The molecule has 1 aromatic carbocycles. The molecule has 2 heterocycles. The summed E-state index contributed by atoms with van der Waals surface area (Å²) in [6, 6.07) is 4.44. The summed E-state index contributed by atoms with van der Waals surface area (Å²) in [4.78, 5) is 57.8. The first-order chi connectivity index (χ1) is 13.6. The van der Waals surface area contributed by atoms with E-state index in [-0.39, 0.29) is 16.7 Å². The molecule has 1 aliphatic rings. The summed E-state index contributed by atoms with van der Waals surface area (Å²) in [5.41, 5.74) is 1.25.